The summed E-state index contributed by atoms with van der Waals surface area (Å²) in [5, 5.41) is 2.79. The normalized spacial score (nSPS) is 11.6. The zero-order valence-corrected chi connectivity index (χ0v) is 13.9. The molecule has 0 radical (unpaired) electrons. The Morgan fingerprint density at radius 2 is 1.92 bits per heavy atom. The first-order chi connectivity index (χ1) is 11.6. The van der Waals surface area contributed by atoms with Crippen molar-refractivity contribution >= 4 is 5.91 Å². The first-order valence-corrected chi connectivity index (χ1v) is 7.98. The number of rotatable bonds is 8. The third kappa shape index (κ3) is 5.57. The Hall–Kier alpha value is -2.56. The molecule has 5 heteroatoms. The van der Waals surface area contributed by atoms with Gasteiger partial charge in [0.15, 0.2) is 6.10 Å². The topological polar surface area (TPSA) is 47.6 Å². The maximum absolute atomic E-state index is 12.8. The molecule has 0 aromatic heterocycles. The molecule has 0 saturated carbocycles. The molecule has 24 heavy (non-hydrogen) atoms. The second-order valence-corrected chi connectivity index (χ2v) is 5.42. The number of benzene rings is 2. The van der Waals surface area contributed by atoms with Crippen molar-refractivity contribution in [1.29, 1.82) is 0 Å². The van der Waals surface area contributed by atoms with Crippen LogP contribution in [0.25, 0.3) is 0 Å². The van der Waals surface area contributed by atoms with Crippen LogP contribution in [0, 0.1) is 12.7 Å². The number of hydrogen-bond acceptors (Lipinski definition) is 3. The van der Waals surface area contributed by atoms with Crippen LogP contribution >= 0.6 is 0 Å². The predicted molar refractivity (Wildman–Crippen MR) is 90.8 cm³/mol. The van der Waals surface area contributed by atoms with Gasteiger partial charge in [-0.3, -0.25) is 4.79 Å². The number of ether oxygens (including phenoxy) is 2. The number of hydrogen-bond donors (Lipinski definition) is 1. The minimum absolute atomic E-state index is 0.179. The highest BCUT2D eigenvalue weighted by molar-refractivity contribution is 5.81. The fourth-order valence-electron chi connectivity index (χ4n) is 2.16. The van der Waals surface area contributed by atoms with Crippen molar-refractivity contribution in [3.63, 3.8) is 0 Å². The van der Waals surface area contributed by atoms with Crippen LogP contribution in [-0.2, 0) is 4.79 Å². The molecule has 2 rings (SSSR count). The summed E-state index contributed by atoms with van der Waals surface area (Å²) in [5.41, 5.74) is 1.08. The molecular formula is C19H22FNO3. The van der Waals surface area contributed by atoms with Crippen LogP contribution in [0.4, 0.5) is 4.39 Å². The minimum atomic E-state index is -0.544. The van der Waals surface area contributed by atoms with Crippen molar-refractivity contribution < 1.29 is 18.7 Å². The van der Waals surface area contributed by atoms with Crippen LogP contribution in [0.2, 0.25) is 0 Å². The highest BCUT2D eigenvalue weighted by Gasteiger charge is 2.17. The van der Waals surface area contributed by atoms with E-state index in [0.717, 1.165) is 5.56 Å². The van der Waals surface area contributed by atoms with E-state index in [1.165, 1.54) is 12.1 Å². The van der Waals surface area contributed by atoms with Gasteiger partial charge in [0.05, 0.1) is 6.54 Å². The molecule has 0 saturated heterocycles. The SMILES string of the molecule is CC[C@H](Oc1cccc(C)c1)C(=O)NCCOc1ccc(F)cc1. The lowest BCUT2D eigenvalue weighted by atomic mass is 10.2. The van der Waals surface area contributed by atoms with Crippen LogP contribution in [0.15, 0.2) is 48.5 Å². The fraction of sp³-hybridized carbons (Fsp3) is 0.316. The molecule has 1 amide bonds. The molecule has 0 spiro atoms. The lowest BCUT2D eigenvalue weighted by Gasteiger charge is -2.17. The third-order valence-corrected chi connectivity index (χ3v) is 3.41. The van der Waals surface area contributed by atoms with Gasteiger partial charge in [0, 0.05) is 0 Å². The van der Waals surface area contributed by atoms with Gasteiger partial charge in [-0.2, -0.15) is 0 Å². The summed E-state index contributed by atoms with van der Waals surface area (Å²) in [5.74, 6) is 0.754. The minimum Gasteiger partial charge on any atom is -0.492 e. The molecule has 1 atom stereocenters. The predicted octanol–water partition coefficient (Wildman–Crippen LogP) is 3.49. The molecule has 4 nitrogen and oxygen atoms in total. The second-order valence-electron chi connectivity index (χ2n) is 5.42. The molecule has 0 fully saturated rings. The molecular weight excluding hydrogens is 309 g/mol. The summed E-state index contributed by atoms with van der Waals surface area (Å²) in [6, 6.07) is 13.4. The van der Waals surface area contributed by atoms with Gasteiger partial charge in [-0.15, -0.1) is 0 Å². The molecule has 0 aliphatic heterocycles. The molecule has 2 aromatic rings. The smallest absolute Gasteiger partial charge is 0.261 e. The number of carbonyl (C=O) groups excluding carboxylic acids is 1. The first-order valence-electron chi connectivity index (χ1n) is 7.98. The standard InChI is InChI=1S/C19H22FNO3/c1-3-18(24-17-6-4-5-14(2)13-17)19(22)21-11-12-23-16-9-7-15(20)8-10-16/h4-10,13,18H,3,11-12H2,1-2H3,(H,21,22)/t18-/m0/s1. The summed E-state index contributed by atoms with van der Waals surface area (Å²) in [6.45, 7) is 4.53. The van der Waals surface area contributed by atoms with Gasteiger partial charge in [-0.1, -0.05) is 19.1 Å². The molecule has 1 N–H and O–H groups in total. The second kappa shape index (κ2) is 8.91. The van der Waals surface area contributed by atoms with Gasteiger partial charge in [-0.25, -0.2) is 4.39 Å². The van der Waals surface area contributed by atoms with E-state index in [-0.39, 0.29) is 11.7 Å². The average Bonchev–Trinajstić information content (AvgIpc) is 2.58. The van der Waals surface area contributed by atoms with E-state index >= 15 is 0 Å². The van der Waals surface area contributed by atoms with Gasteiger partial charge < -0.3 is 14.8 Å². The van der Waals surface area contributed by atoms with Gasteiger partial charge in [0.2, 0.25) is 0 Å². The average molecular weight is 331 g/mol. The maximum atomic E-state index is 12.8. The lowest BCUT2D eigenvalue weighted by molar-refractivity contribution is -0.128. The summed E-state index contributed by atoms with van der Waals surface area (Å²) in [6.07, 6.45) is 0.0242. The largest absolute Gasteiger partial charge is 0.492 e. The molecule has 0 aliphatic carbocycles. The Balaban J connectivity index is 1.76. The number of aryl methyl sites for hydroxylation is 1. The molecule has 0 unspecified atom stereocenters. The summed E-state index contributed by atoms with van der Waals surface area (Å²) >= 11 is 0. The zero-order chi connectivity index (χ0) is 17.4. The van der Waals surface area contributed by atoms with E-state index < -0.39 is 6.10 Å². The van der Waals surface area contributed by atoms with E-state index in [9.17, 15) is 9.18 Å². The molecule has 0 aliphatic rings. The summed E-state index contributed by atoms with van der Waals surface area (Å²) < 4.78 is 24.0. The Kier molecular flexibility index (Phi) is 6.61. The Labute approximate surface area is 141 Å². The third-order valence-electron chi connectivity index (χ3n) is 3.41. The first kappa shape index (κ1) is 17.8. The van der Waals surface area contributed by atoms with E-state index in [1.807, 2.05) is 38.1 Å². The van der Waals surface area contributed by atoms with E-state index in [4.69, 9.17) is 9.47 Å². The van der Waals surface area contributed by atoms with Crippen molar-refractivity contribution in [2.45, 2.75) is 26.4 Å². The van der Waals surface area contributed by atoms with E-state index in [1.54, 1.807) is 12.1 Å². The van der Waals surface area contributed by atoms with Gasteiger partial charge in [0.25, 0.3) is 5.91 Å². The number of amides is 1. The molecule has 128 valence electrons. The van der Waals surface area contributed by atoms with Gasteiger partial charge in [-0.05, 0) is 55.3 Å². The number of halogens is 1. The fourth-order valence-corrected chi connectivity index (χ4v) is 2.16. The van der Waals surface area contributed by atoms with Crippen molar-refractivity contribution in [3.05, 3.63) is 59.9 Å². The monoisotopic (exact) mass is 331 g/mol. The van der Waals surface area contributed by atoms with Crippen molar-refractivity contribution in [3.8, 4) is 11.5 Å². The van der Waals surface area contributed by atoms with Crippen LogP contribution in [-0.4, -0.2) is 25.2 Å². The van der Waals surface area contributed by atoms with E-state index in [0.29, 0.717) is 31.1 Å². The Bertz CT molecular complexity index is 658. The summed E-state index contributed by atoms with van der Waals surface area (Å²) in [7, 11) is 0. The van der Waals surface area contributed by atoms with Crippen molar-refractivity contribution in [2.24, 2.45) is 0 Å². The van der Waals surface area contributed by atoms with Crippen LogP contribution in [0.1, 0.15) is 18.9 Å². The van der Waals surface area contributed by atoms with Gasteiger partial charge >= 0.3 is 0 Å². The zero-order valence-electron chi connectivity index (χ0n) is 13.9. The lowest BCUT2D eigenvalue weighted by Crippen LogP contribution is -2.39. The maximum Gasteiger partial charge on any atom is 0.261 e. The molecule has 0 bridgehead atoms. The number of nitrogens with one attached hydrogen (secondary N) is 1. The molecule has 0 heterocycles. The van der Waals surface area contributed by atoms with Gasteiger partial charge in [0.1, 0.15) is 23.9 Å². The van der Waals surface area contributed by atoms with Crippen LogP contribution in [0.3, 0.4) is 0 Å². The Morgan fingerprint density at radius 1 is 1.17 bits per heavy atom. The van der Waals surface area contributed by atoms with Crippen LogP contribution in [0.5, 0.6) is 11.5 Å². The van der Waals surface area contributed by atoms with Crippen molar-refractivity contribution in [2.75, 3.05) is 13.2 Å². The van der Waals surface area contributed by atoms with E-state index in [2.05, 4.69) is 5.32 Å². The van der Waals surface area contributed by atoms with Crippen LogP contribution < -0.4 is 14.8 Å². The highest BCUT2D eigenvalue weighted by Crippen LogP contribution is 2.15. The van der Waals surface area contributed by atoms with Crippen molar-refractivity contribution in [1.82, 2.24) is 5.32 Å². The quantitative estimate of drug-likeness (QED) is 0.753. The Morgan fingerprint density at radius 3 is 2.58 bits per heavy atom. The summed E-state index contributed by atoms with van der Waals surface area (Å²) in [4.78, 5) is 12.2. The molecule has 2 aromatic carbocycles. The number of carbonyl (C=O) groups is 1. The highest BCUT2D eigenvalue weighted by atomic mass is 19.1.